The number of fused-ring (bicyclic) bond motifs is 1. The molecule has 0 radical (unpaired) electrons. The van der Waals surface area contributed by atoms with Crippen LogP contribution in [0.1, 0.15) is 5.56 Å². The van der Waals surface area contributed by atoms with E-state index in [1.54, 1.807) is 12.4 Å². The minimum absolute atomic E-state index is 0.0534. The standard InChI is InChI=1S/C13H11N5O3/c14-9-17-13(15-5-6-21-18(19)20)11-7-10-3-1-2-4-12(10)16-8-11/h1-4,7-8H,5-6H2,(H,15,17). The zero-order valence-corrected chi connectivity index (χ0v) is 10.9. The summed E-state index contributed by atoms with van der Waals surface area (Å²) in [6.07, 6.45) is 3.36. The van der Waals surface area contributed by atoms with Crippen molar-refractivity contribution in [3.8, 4) is 6.19 Å². The van der Waals surface area contributed by atoms with E-state index in [4.69, 9.17) is 5.26 Å². The topological polar surface area (TPSA) is 113 Å². The van der Waals surface area contributed by atoms with Gasteiger partial charge in [-0.05, 0) is 12.1 Å². The van der Waals surface area contributed by atoms with Crippen LogP contribution < -0.4 is 5.32 Å². The van der Waals surface area contributed by atoms with Gasteiger partial charge in [-0.1, -0.05) is 18.2 Å². The summed E-state index contributed by atoms with van der Waals surface area (Å²) in [7, 11) is 0. The van der Waals surface area contributed by atoms with E-state index in [0.29, 0.717) is 11.4 Å². The summed E-state index contributed by atoms with van der Waals surface area (Å²) < 4.78 is 0. The molecule has 1 aromatic carbocycles. The average Bonchev–Trinajstić information content (AvgIpc) is 2.49. The molecule has 0 saturated carbocycles. The summed E-state index contributed by atoms with van der Waals surface area (Å²) in [6, 6.07) is 9.36. The van der Waals surface area contributed by atoms with E-state index >= 15 is 0 Å². The largest absolute Gasteiger partial charge is 0.312 e. The predicted molar refractivity (Wildman–Crippen MR) is 74.8 cm³/mol. The molecule has 0 aliphatic heterocycles. The number of hydrogen-bond acceptors (Lipinski definition) is 6. The van der Waals surface area contributed by atoms with Gasteiger partial charge in [0.25, 0.3) is 5.09 Å². The van der Waals surface area contributed by atoms with E-state index in [9.17, 15) is 10.1 Å². The van der Waals surface area contributed by atoms with Gasteiger partial charge < -0.3 is 4.84 Å². The number of nitrogens with one attached hydrogen (secondary N) is 1. The zero-order valence-electron chi connectivity index (χ0n) is 10.9. The molecule has 0 fully saturated rings. The quantitative estimate of drug-likeness (QED) is 0.168. The van der Waals surface area contributed by atoms with Gasteiger partial charge in [0.05, 0.1) is 12.1 Å². The van der Waals surface area contributed by atoms with Crippen LogP contribution >= 0.6 is 0 Å². The summed E-state index contributed by atoms with van der Waals surface area (Å²) >= 11 is 0. The lowest BCUT2D eigenvalue weighted by molar-refractivity contribution is -0.757. The SMILES string of the molecule is N#CNC(=NCCO[N+](=O)[O-])c1cnc2ccccc2c1. The van der Waals surface area contributed by atoms with Gasteiger partial charge in [-0.25, -0.2) is 0 Å². The van der Waals surface area contributed by atoms with Crippen LogP contribution in [0.5, 0.6) is 0 Å². The summed E-state index contributed by atoms with van der Waals surface area (Å²) in [5.74, 6) is 0.294. The van der Waals surface area contributed by atoms with Crippen LogP contribution in [0.3, 0.4) is 0 Å². The first-order valence-electron chi connectivity index (χ1n) is 6.03. The first kappa shape index (κ1) is 14.2. The molecule has 0 atom stereocenters. The van der Waals surface area contributed by atoms with E-state index in [0.717, 1.165) is 10.9 Å². The monoisotopic (exact) mass is 285 g/mol. The highest BCUT2D eigenvalue weighted by Gasteiger charge is 2.05. The van der Waals surface area contributed by atoms with Gasteiger partial charge in [0.15, 0.2) is 6.19 Å². The molecule has 21 heavy (non-hydrogen) atoms. The Labute approximate surface area is 119 Å². The fourth-order valence-corrected chi connectivity index (χ4v) is 1.73. The average molecular weight is 285 g/mol. The first-order chi connectivity index (χ1) is 10.2. The molecule has 8 heteroatoms. The third kappa shape index (κ3) is 3.87. The maximum absolute atomic E-state index is 10.0. The van der Waals surface area contributed by atoms with Crippen molar-refractivity contribution in [2.45, 2.75) is 0 Å². The van der Waals surface area contributed by atoms with Gasteiger partial charge >= 0.3 is 0 Å². The van der Waals surface area contributed by atoms with Gasteiger partial charge in [-0.15, -0.1) is 10.1 Å². The third-order valence-electron chi connectivity index (χ3n) is 2.60. The predicted octanol–water partition coefficient (Wildman–Crippen LogP) is 1.26. The fourth-order valence-electron chi connectivity index (χ4n) is 1.73. The van der Waals surface area contributed by atoms with Crippen LogP contribution in [0, 0.1) is 21.6 Å². The number of rotatable bonds is 5. The summed E-state index contributed by atoms with van der Waals surface area (Å²) in [5.41, 5.74) is 1.45. The minimum Gasteiger partial charge on any atom is -0.312 e. The highest BCUT2D eigenvalue weighted by atomic mass is 16.9. The molecule has 2 aromatic rings. The van der Waals surface area contributed by atoms with E-state index in [1.807, 2.05) is 30.3 Å². The molecule has 0 saturated heterocycles. The Hall–Kier alpha value is -3.21. The lowest BCUT2D eigenvalue weighted by atomic mass is 10.1. The van der Waals surface area contributed by atoms with Crippen molar-refractivity contribution in [3.63, 3.8) is 0 Å². The zero-order chi connectivity index (χ0) is 15.1. The van der Waals surface area contributed by atoms with E-state index in [2.05, 4.69) is 20.1 Å². The van der Waals surface area contributed by atoms with Crippen molar-refractivity contribution in [1.29, 1.82) is 5.26 Å². The Bertz CT molecular complexity index is 723. The van der Waals surface area contributed by atoms with Gasteiger partial charge in [0.1, 0.15) is 12.4 Å². The second-order valence-corrected chi connectivity index (χ2v) is 3.94. The van der Waals surface area contributed by atoms with Crippen LogP contribution in [0.4, 0.5) is 0 Å². The van der Waals surface area contributed by atoms with Crippen molar-refractivity contribution in [2.24, 2.45) is 4.99 Å². The second kappa shape index (κ2) is 6.81. The summed E-state index contributed by atoms with van der Waals surface area (Å²) in [6.45, 7) is -0.123. The van der Waals surface area contributed by atoms with Gasteiger partial charge in [-0.3, -0.25) is 15.3 Å². The molecule has 0 unspecified atom stereocenters. The van der Waals surface area contributed by atoms with Crippen LogP contribution in [-0.2, 0) is 4.84 Å². The highest BCUT2D eigenvalue weighted by Crippen LogP contribution is 2.12. The molecule has 0 spiro atoms. The smallest absolute Gasteiger partial charge is 0.294 e. The number of nitriles is 1. The molecule has 0 aliphatic rings. The Balaban J connectivity index is 2.21. The number of hydrogen-bond donors (Lipinski definition) is 1. The number of pyridine rings is 1. The maximum Gasteiger partial charge on any atom is 0.294 e. The van der Waals surface area contributed by atoms with E-state index in [-0.39, 0.29) is 13.2 Å². The number of aromatic nitrogens is 1. The van der Waals surface area contributed by atoms with Crippen molar-refractivity contribution in [3.05, 3.63) is 52.2 Å². The maximum atomic E-state index is 10.0. The van der Waals surface area contributed by atoms with Crippen LogP contribution in [0.25, 0.3) is 10.9 Å². The van der Waals surface area contributed by atoms with E-state index < -0.39 is 5.09 Å². The lowest BCUT2D eigenvalue weighted by Crippen LogP contribution is -2.20. The fraction of sp³-hybridized carbons (Fsp3) is 0.154. The minimum atomic E-state index is -0.884. The van der Waals surface area contributed by atoms with Crippen LogP contribution in [0.2, 0.25) is 0 Å². The molecule has 106 valence electrons. The summed E-state index contributed by atoms with van der Waals surface area (Å²) in [4.78, 5) is 22.6. The molecule has 8 nitrogen and oxygen atoms in total. The highest BCUT2D eigenvalue weighted by molar-refractivity contribution is 6.01. The molecule has 1 N–H and O–H groups in total. The van der Waals surface area contributed by atoms with Crippen molar-refractivity contribution in [2.75, 3.05) is 13.2 Å². The third-order valence-corrected chi connectivity index (χ3v) is 2.60. The Morgan fingerprint density at radius 2 is 2.33 bits per heavy atom. The Morgan fingerprint density at radius 1 is 1.52 bits per heavy atom. The molecule has 0 aliphatic carbocycles. The molecular weight excluding hydrogens is 274 g/mol. The van der Waals surface area contributed by atoms with Gasteiger partial charge in [0, 0.05) is 17.1 Å². The van der Waals surface area contributed by atoms with E-state index in [1.165, 1.54) is 0 Å². The van der Waals surface area contributed by atoms with Crippen LogP contribution in [0.15, 0.2) is 41.5 Å². The number of para-hydroxylation sites is 1. The lowest BCUT2D eigenvalue weighted by Gasteiger charge is -2.05. The van der Waals surface area contributed by atoms with Crippen LogP contribution in [-0.4, -0.2) is 29.1 Å². The van der Waals surface area contributed by atoms with Crippen molar-refractivity contribution >= 4 is 16.7 Å². The molecule has 1 heterocycles. The Kier molecular flexibility index (Phi) is 4.61. The molecule has 1 aromatic heterocycles. The number of amidine groups is 1. The van der Waals surface area contributed by atoms with Crippen molar-refractivity contribution < 1.29 is 9.92 Å². The van der Waals surface area contributed by atoms with Gasteiger partial charge in [0.2, 0.25) is 0 Å². The Morgan fingerprint density at radius 3 is 3.10 bits per heavy atom. The molecule has 0 amide bonds. The number of nitrogens with zero attached hydrogens (tertiary/aromatic N) is 4. The first-order valence-corrected chi connectivity index (χ1v) is 6.03. The number of benzene rings is 1. The molecule has 0 bridgehead atoms. The normalized spacial score (nSPS) is 10.9. The molecular formula is C13H11N5O3. The number of aliphatic imine (C=N–C) groups is 1. The van der Waals surface area contributed by atoms with Gasteiger partial charge in [-0.2, -0.15) is 5.26 Å². The van der Waals surface area contributed by atoms with Crippen molar-refractivity contribution in [1.82, 2.24) is 10.3 Å². The summed E-state index contributed by atoms with van der Waals surface area (Å²) in [5, 5.41) is 21.3. The second-order valence-electron chi connectivity index (χ2n) is 3.94. The molecule has 2 rings (SSSR count).